The number of nitrogens with zero attached hydrogens (tertiary/aromatic N) is 3. The van der Waals surface area contributed by atoms with E-state index >= 15 is 0 Å². The Morgan fingerprint density at radius 1 is 1.29 bits per heavy atom. The number of likely N-dealkylation sites (N-methyl/N-ethyl adjacent to an activating group) is 1. The number of hydrogen-bond acceptors (Lipinski definition) is 8. The fourth-order valence-electron chi connectivity index (χ4n) is 4.41. The number of β-amino-alcohol motifs (C(OH)–C–C–N with tert-alkyl or cyclic N) is 1. The smallest absolute Gasteiger partial charge is 0.252 e. The first-order chi connectivity index (χ1) is 16.6. The third kappa shape index (κ3) is 5.16. The Labute approximate surface area is 209 Å². The zero-order chi connectivity index (χ0) is 25.3. The lowest BCUT2D eigenvalue weighted by atomic mass is 9.86. The molecule has 2 N–H and O–H groups in total. The molecule has 4 rings (SSSR count). The molecule has 3 amide bonds. The molecule has 188 valence electrons. The number of carbonyl (C=O) groups excluding carboxylic acids is 3. The summed E-state index contributed by atoms with van der Waals surface area (Å²) >= 11 is 1.56. The summed E-state index contributed by atoms with van der Waals surface area (Å²) in [6.07, 6.45) is -0.395. The van der Waals surface area contributed by atoms with Crippen LogP contribution in [0.4, 0.5) is 0 Å². The topological polar surface area (TPSA) is 112 Å². The Bertz CT molecular complexity index is 1100. The van der Waals surface area contributed by atoms with Crippen LogP contribution in [-0.2, 0) is 25.7 Å². The molecule has 10 heteroatoms. The van der Waals surface area contributed by atoms with Gasteiger partial charge in [-0.05, 0) is 38.3 Å². The number of amides is 3. The summed E-state index contributed by atoms with van der Waals surface area (Å²) < 4.78 is 5.20. The summed E-state index contributed by atoms with van der Waals surface area (Å²) in [6, 6.07) is 6.21. The van der Waals surface area contributed by atoms with E-state index in [1.807, 2.05) is 38.1 Å². The highest BCUT2D eigenvalue weighted by molar-refractivity contribution is 7.13. The third-order valence-corrected chi connectivity index (χ3v) is 7.83. The van der Waals surface area contributed by atoms with Gasteiger partial charge in [-0.15, -0.1) is 11.3 Å². The van der Waals surface area contributed by atoms with E-state index in [4.69, 9.17) is 4.74 Å². The molecule has 0 aliphatic carbocycles. The van der Waals surface area contributed by atoms with E-state index in [1.54, 1.807) is 30.8 Å². The Balaban J connectivity index is 1.55. The van der Waals surface area contributed by atoms with Crippen molar-refractivity contribution in [3.8, 4) is 10.4 Å². The van der Waals surface area contributed by atoms with Crippen molar-refractivity contribution in [3.63, 3.8) is 0 Å². The van der Waals surface area contributed by atoms with E-state index in [0.717, 1.165) is 21.7 Å². The first-order valence-corrected chi connectivity index (χ1v) is 12.6. The standard InChI is InChI=1S/C25H32N4O5S/c1-15-21(35-14-27-15)18-7-5-17(6-8-18)11-29(23(32)20-9-19(30)10-26-20)22(31)16(2)28(4)24(33)25(3)12-34-13-25/h5-8,14,16,19-20,26,30H,9-13H2,1-4H3/t16-,19+,20-/m0/s1. The van der Waals surface area contributed by atoms with Gasteiger partial charge in [0, 0.05) is 13.6 Å². The lowest BCUT2D eigenvalue weighted by Crippen LogP contribution is -2.58. The molecule has 9 nitrogen and oxygen atoms in total. The molecule has 3 heterocycles. The number of carbonyl (C=O) groups is 3. The van der Waals surface area contributed by atoms with Crippen LogP contribution in [0.15, 0.2) is 29.8 Å². The van der Waals surface area contributed by atoms with Crippen LogP contribution < -0.4 is 5.32 Å². The van der Waals surface area contributed by atoms with Crippen molar-refractivity contribution in [3.05, 3.63) is 41.0 Å². The summed E-state index contributed by atoms with van der Waals surface area (Å²) in [5, 5.41) is 12.9. The minimum Gasteiger partial charge on any atom is -0.392 e. The minimum absolute atomic E-state index is 0.0701. The first kappa shape index (κ1) is 25.4. The molecular formula is C25H32N4O5S. The maximum atomic E-state index is 13.6. The van der Waals surface area contributed by atoms with Gasteiger partial charge in [0.05, 0.1) is 53.4 Å². The van der Waals surface area contributed by atoms with Crippen LogP contribution in [-0.4, -0.2) is 82.6 Å². The SMILES string of the molecule is Cc1ncsc1-c1ccc(CN(C(=O)[C@@H]2C[C@@H](O)CN2)C(=O)[C@H](C)N(C)C(=O)C2(C)COC2)cc1. The lowest BCUT2D eigenvalue weighted by Gasteiger charge is -2.41. The molecule has 0 spiro atoms. The normalized spacial score (nSPS) is 21.7. The molecule has 2 fully saturated rings. The second-order valence-electron chi connectivity index (χ2n) is 9.72. The van der Waals surface area contributed by atoms with Crippen molar-refractivity contribution in [1.82, 2.24) is 20.1 Å². The highest BCUT2D eigenvalue weighted by Gasteiger charge is 2.45. The predicted octanol–water partition coefficient (Wildman–Crippen LogP) is 1.58. The van der Waals surface area contributed by atoms with Crippen LogP contribution in [0.1, 0.15) is 31.5 Å². The van der Waals surface area contributed by atoms with Crippen molar-refractivity contribution < 1.29 is 24.2 Å². The molecule has 0 bridgehead atoms. The zero-order valence-corrected chi connectivity index (χ0v) is 21.3. The molecule has 35 heavy (non-hydrogen) atoms. The van der Waals surface area contributed by atoms with E-state index in [0.29, 0.717) is 19.8 Å². The Kier molecular flexibility index (Phi) is 7.37. The van der Waals surface area contributed by atoms with Gasteiger partial charge in [-0.1, -0.05) is 24.3 Å². The molecule has 1 aromatic heterocycles. The number of imide groups is 1. The third-order valence-electron chi connectivity index (χ3n) is 6.86. The molecule has 2 aromatic rings. The second kappa shape index (κ2) is 10.1. The van der Waals surface area contributed by atoms with E-state index in [9.17, 15) is 19.5 Å². The summed E-state index contributed by atoms with van der Waals surface area (Å²) in [4.78, 5) is 47.9. The summed E-state index contributed by atoms with van der Waals surface area (Å²) in [6.45, 7) is 6.40. The van der Waals surface area contributed by atoms with E-state index in [1.165, 1.54) is 9.80 Å². The molecular weight excluding hydrogens is 468 g/mol. The van der Waals surface area contributed by atoms with Gasteiger partial charge < -0.3 is 20.1 Å². The molecule has 2 aliphatic heterocycles. The maximum Gasteiger partial charge on any atom is 0.252 e. The van der Waals surface area contributed by atoms with Gasteiger partial charge in [0.2, 0.25) is 11.8 Å². The highest BCUT2D eigenvalue weighted by Crippen LogP contribution is 2.30. The van der Waals surface area contributed by atoms with Crippen LogP contribution in [0.3, 0.4) is 0 Å². The van der Waals surface area contributed by atoms with Crippen molar-refractivity contribution in [1.29, 1.82) is 0 Å². The largest absolute Gasteiger partial charge is 0.392 e. The number of hydrogen-bond donors (Lipinski definition) is 2. The predicted molar refractivity (Wildman–Crippen MR) is 131 cm³/mol. The van der Waals surface area contributed by atoms with E-state index in [2.05, 4.69) is 10.3 Å². The molecule has 1 aromatic carbocycles. The number of aliphatic hydroxyl groups is 1. The number of aliphatic hydroxyl groups excluding tert-OH is 1. The van der Waals surface area contributed by atoms with Crippen LogP contribution in [0, 0.1) is 12.3 Å². The zero-order valence-electron chi connectivity index (χ0n) is 20.5. The summed E-state index contributed by atoms with van der Waals surface area (Å²) in [7, 11) is 1.58. The minimum atomic E-state index is -0.839. The fourth-order valence-corrected chi connectivity index (χ4v) is 5.22. The van der Waals surface area contributed by atoms with E-state index in [-0.39, 0.29) is 18.9 Å². The van der Waals surface area contributed by atoms with Crippen molar-refractivity contribution >= 4 is 29.1 Å². The highest BCUT2D eigenvalue weighted by atomic mass is 32.1. The summed E-state index contributed by atoms with van der Waals surface area (Å²) in [5.41, 5.74) is 3.91. The number of nitrogens with one attached hydrogen (secondary N) is 1. The fraction of sp³-hybridized carbons (Fsp3) is 0.520. The molecule has 2 saturated heterocycles. The van der Waals surface area contributed by atoms with Gasteiger partial charge in [0.1, 0.15) is 6.04 Å². The van der Waals surface area contributed by atoms with Crippen LogP contribution in [0.25, 0.3) is 10.4 Å². The van der Waals surface area contributed by atoms with Crippen molar-refractivity contribution in [2.24, 2.45) is 5.41 Å². The van der Waals surface area contributed by atoms with Crippen molar-refractivity contribution in [2.75, 3.05) is 26.8 Å². The molecule has 0 saturated carbocycles. The summed E-state index contributed by atoms with van der Waals surface area (Å²) in [5.74, 6) is -1.05. The van der Waals surface area contributed by atoms with Gasteiger partial charge in [-0.25, -0.2) is 4.98 Å². The second-order valence-corrected chi connectivity index (χ2v) is 10.6. The number of ether oxygens (including phenoxy) is 1. The van der Waals surface area contributed by atoms with Gasteiger partial charge in [0.15, 0.2) is 0 Å². The number of aromatic nitrogens is 1. The molecule has 0 unspecified atom stereocenters. The van der Waals surface area contributed by atoms with Gasteiger partial charge in [-0.2, -0.15) is 0 Å². The monoisotopic (exact) mass is 500 g/mol. The van der Waals surface area contributed by atoms with Crippen LogP contribution >= 0.6 is 11.3 Å². The number of rotatable bonds is 7. The van der Waals surface area contributed by atoms with E-state index < -0.39 is 35.4 Å². The number of aryl methyl sites for hydroxylation is 1. The Morgan fingerprint density at radius 3 is 2.49 bits per heavy atom. The average molecular weight is 501 g/mol. The van der Waals surface area contributed by atoms with Gasteiger partial charge in [0.25, 0.3) is 5.91 Å². The average Bonchev–Trinajstić information content (AvgIpc) is 3.47. The Hall–Kier alpha value is -2.66. The van der Waals surface area contributed by atoms with Gasteiger partial charge in [-0.3, -0.25) is 19.3 Å². The molecule has 2 aliphatic rings. The van der Waals surface area contributed by atoms with Crippen LogP contribution in [0.5, 0.6) is 0 Å². The molecule has 0 radical (unpaired) electrons. The quantitative estimate of drug-likeness (QED) is 0.594. The number of thiazole rings is 1. The Morgan fingerprint density at radius 2 is 1.97 bits per heavy atom. The molecule has 3 atom stereocenters. The first-order valence-electron chi connectivity index (χ1n) is 11.7. The van der Waals surface area contributed by atoms with Gasteiger partial charge >= 0.3 is 0 Å². The lowest BCUT2D eigenvalue weighted by molar-refractivity contribution is -0.172. The number of benzene rings is 1. The van der Waals surface area contributed by atoms with Crippen molar-refractivity contribution in [2.45, 2.75) is 51.9 Å². The maximum absolute atomic E-state index is 13.6. The van der Waals surface area contributed by atoms with Crippen LogP contribution in [0.2, 0.25) is 0 Å².